The number of carbonyl (C=O) groups is 2. The van der Waals surface area contributed by atoms with Crippen LogP contribution in [0.3, 0.4) is 0 Å². The molecule has 148 valence electrons. The molecule has 0 fully saturated rings. The number of benzene rings is 3. The molecule has 0 unspecified atom stereocenters. The molecule has 3 rings (SSSR count). The van der Waals surface area contributed by atoms with Gasteiger partial charge >= 0.3 is 11.9 Å². The Bertz CT molecular complexity index is 1110. The van der Waals surface area contributed by atoms with Crippen molar-refractivity contribution in [2.45, 2.75) is 13.3 Å². The van der Waals surface area contributed by atoms with Crippen molar-refractivity contribution in [3.8, 4) is 22.3 Å². The van der Waals surface area contributed by atoms with Crippen molar-refractivity contribution in [1.29, 1.82) is 0 Å². The van der Waals surface area contributed by atoms with Crippen LogP contribution >= 0.6 is 22.6 Å². The van der Waals surface area contributed by atoms with Crippen LogP contribution in [-0.4, -0.2) is 22.2 Å². The van der Waals surface area contributed by atoms with E-state index in [1.54, 1.807) is 24.3 Å². The average Bonchev–Trinajstić information content (AvgIpc) is 2.67. The summed E-state index contributed by atoms with van der Waals surface area (Å²) in [6, 6.07) is 15.2. The Morgan fingerprint density at radius 3 is 2.00 bits per heavy atom. The van der Waals surface area contributed by atoms with Crippen molar-refractivity contribution in [3.63, 3.8) is 0 Å². The van der Waals surface area contributed by atoms with E-state index in [1.807, 2.05) is 24.3 Å². The van der Waals surface area contributed by atoms with E-state index in [9.17, 15) is 28.6 Å². The largest absolute Gasteiger partial charge is 0.478 e. The molecule has 0 atom stereocenters. The van der Waals surface area contributed by atoms with Crippen molar-refractivity contribution < 1.29 is 28.6 Å². The summed E-state index contributed by atoms with van der Waals surface area (Å²) in [6.45, 7) is 1.23. The van der Waals surface area contributed by atoms with Gasteiger partial charge in [-0.3, -0.25) is 0 Å². The lowest BCUT2D eigenvalue weighted by Crippen LogP contribution is -2.13. The van der Waals surface area contributed by atoms with Crippen LogP contribution in [0.15, 0.2) is 54.6 Å². The highest BCUT2D eigenvalue weighted by molar-refractivity contribution is 14.1. The van der Waals surface area contributed by atoms with Crippen molar-refractivity contribution >= 4 is 34.5 Å². The van der Waals surface area contributed by atoms with Gasteiger partial charge in [0.05, 0.1) is 11.1 Å². The quantitative estimate of drug-likeness (QED) is 0.399. The Morgan fingerprint density at radius 1 is 0.897 bits per heavy atom. The minimum absolute atomic E-state index is 0.102. The molecule has 0 spiro atoms. The highest BCUT2D eigenvalue weighted by Crippen LogP contribution is 2.41. The number of rotatable bonds is 5. The molecule has 0 saturated heterocycles. The standard InChI is InChI=1S/C22H15F2IO4/c1-11-16(21(26)27)10-17(19(20(23)24)18(11)22(28)29)15-5-3-2-4-14(15)12-6-8-13(25)9-7-12/h2-10,20H,1H3,(H,26,27)(H,28,29). The van der Waals surface area contributed by atoms with Crippen molar-refractivity contribution in [2.75, 3.05) is 0 Å². The van der Waals surface area contributed by atoms with E-state index in [1.165, 1.54) is 6.92 Å². The Morgan fingerprint density at radius 2 is 1.48 bits per heavy atom. The second-order valence-corrected chi connectivity index (χ2v) is 7.59. The predicted molar refractivity (Wildman–Crippen MR) is 114 cm³/mol. The molecule has 0 heterocycles. The third kappa shape index (κ3) is 4.00. The van der Waals surface area contributed by atoms with E-state index in [0.717, 1.165) is 15.2 Å². The maximum absolute atomic E-state index is 14.0. The third-order valence-corrected chi connectivity index (χ3v) is 5.38. The van der Waals surface area contributed by atoms with E-state index in [2.05, 4.69) is 22.6 Å². The van der Waals surface area contributed by atoms with Crippen LogP contribution in [0.25, 0.3) is 22.3 Å². The highest BCUT2D eigenvalue weighted by Gasteiger charge is 2.29. The van der Waals surface area contributed by atoms with Gasteiger partial charge in [0.2, 0.25) is 0 Å². The van der Waals surface area contributed by atoms with E-state index < -0.39 is 29.5 Å². The Kier molecular flexibility index (Phi) is 5.97. The van der Waals surface area contributed by atoms with E-state index in [4.69, 9.17) is 0 Å². The zero-order chi connectivity index (χ0) is 21.3. The third-order valence-electron chi connectivity index (χ3n) is 4.66. The Hall–Kier alpha value is -2.81. The molecule has 3 aromatic rings. The lowest BCUT2D eigenvalue weighted by atomic mass is 9.86. The van der Waals surface area contributed by atoms with Gasteiger partial charge in [-0.1, -0.05) is 36.4 Å². The van der Waals surface area contributed by atoms with Gasteiger partial charge in [0.25, 0.3) is 6.43 Å². The van der Waals surface area contributed by atoms with Crippen molar-refractivity contribution in [3.05, 3.63) is 80.4 Å². The lowest BCUT2D eigenvalue weighted by Gasteiger charge is -2.19. The van der Waals surface area contributed by atoms with Crippen LogP contribution < -0.4 is 0 Å². The number of halogens is 3. The summed E-state index contributed by atoms with van der Waals surface area (Å²) >= 11 is 2.15. The van der Waals surface area contributed by atoms with E-state index in [-0.39, 0.29) is 16.7 Å². The summed E-state index contributed by atoms with van der Waals surface area (Å²) < 4.78 is 29.0. The summed E-state index contributed by atoms with van der Waals surface area (Å²) in [4.78, 5) is 23.4. The van der Waals surface area contributed by atoms with Crippen LogP contribution in [0, 0.1) is 10.5 Å². The van der Waals surface area contributed by atoms with Gasteiger partial charge in [-0.05, 0) is 75.5 Å². The fraction of sp³-hybridized carbons (Fsp3) is 0.0909. The first-order valence-electron chi connectivity index (χ1n) is 8.50. The van der Waals surface area contributed by atoms with E-state index in [0.29, 0.717) is 11.1 Å². The molecule has 2 N–H and O–H groups in total. The molecule has 3 aromatic carbocycles. The SMILES string of the molecule is Cc1c(C(=O)O)cc(-c2ccccc2-c2ccc(I)cc2)c(C(F)F)c1C(=O)O. The second-order valence-electron chi connectivity index (χ2n) is 6.35. The van der Waals surface area contributed by atoms with Gasteiger partial charge in [-0.25, -0.2) is 18.4 Å². The number of carboxylic acids is 2. The first kappa shape index (κ1) is 20.9. The maximum atomic E-state index is 14.0. The van der Waals surface area contributed by atoms with Gasteiger partial charge in [0.1, 0.15) is 0 Å². The fourth-order valence-electron chi connectivity index (χ4n) is 3.35. The zero-order valence-corrected chi connectivity index (χ0v) is 17.3. The Balaban J connectivity index is 2.42. The molecule has 0 saturated carbocycles. The number of alkyl halides is 2. The van der Waals surface area contributed by atoms with Crippen LogP contribution in [0.4, 0.5) is 8.78 Å². The lowest BCUT2D eigenvalue weighted by molar-refractivity contribution is 0.0683. The van der Waals surface area contributed by atoms with Crippen LogP contribution in [0.2, 0.25) is 0 Å². The zero-order valence-electron chi connectivity index (χ0n) is 15.1. The van der Waals surface area contributed by atoms with Crippen molar-refractivity contribution in [2.24, 2.45) is 0 Å². The first-order chi connectivity index (χ1) is 13.7. The summed E-state index contributed by atoms with van der Waals surface area (Å²) in [7, 11) is 0. The molecule has 0 aliphatic heterocycles. The predicted octanol–water partition coefficient (Wildman–Crippen LogP) is 6.27. The Labute approximate surface area is 179 Å². The summed E-state index contributed by atoms with van der Waals surface area (Å²) in [5.41, 5.74) is -0.290. The molecule has 0 radical (unpaired) electrons. The molecule has 0 bridgehead atoms. The number of hydrogen-bond donors (Lipinski definition) is 2. The summed E-state index contributed by atoms with van der Waals surface area (Å²) in [5, 5.41) is 19.1. The van der Waals surface area contributed by atoms with Crippen LogP contribution in [0.1, 0.15) is 38.3 Å². The van der Waals surface area contributed by atoms with Gasteiger partial charge < -0.3 is 10.2 Å². The fourth-order valence-corrected chi connectivity index (χ4v) is 3.71. The molecule has 0 aliphatic carbocycles. The number of aromatic carboxylic acids is 2. The van der Waals surface area contributed by atoms with Gasteiger partial charge in [0.15, 0.2) is 0 Å². The smallest absolute Gasteiger partial charge is 0.336 e. The molecule has 0 aliphatic rings. The number of carboxylic acid groups (broad SMARTS) is 2. The molecule has 0 aromatic heterocycles. The average molecular weight is 508 g/mol. The normalized spacial score (nSPS) is 10.9. The summed E-state index contributed by atoms with van der Waals surface area (Å²) in [6.07, 6.45) is -3.09. The highest BCUT2D eigenvalue weighted by atomic mass is 127. The van der Waals surface area contributed by atoms with Crippen molar-refractivity contribution in [1.82, 2.24) is 0 Å². The molecule has 7 heteroatoms. The topological polar surface area (TPSA) is 74.6 Å². The van der Waals surface area contributed by atoms with Gasteiger partial charge in [-0.15, -0.1) is 0 Å². The first-order valence-corrected chi connectivity index (χ1v) is 9.57. The molecule has 0 amide bonds. The van der Waals surface area contributed by atoms with Gasteiger partial charge in [-0.2, -0.15) is 0 Å². The second kappa shape index (κ2) is 8.28. The van der Waals surface area contributed by atoms with Crippen LogP contribution in [-0.2, 0) is 0 Å². The van der Waals surface area contributed by atoms with Gasteiger partial charge in [0, 0.05) is 9.13 Å². The molecule has 4 nitrogen and oxygen atoms in total. The molecule has 29 heavy (non-hydrogen) atoms. The molecular formula is C22H15F2IO4. The monoisotopic (exact) mass is 508 g/mol. The molecular weight excluding hydrogens is 493 g/mol. The maximum Gasteiger partial charge on any atom is 0.336 e. The van der Waals surface area contributed by atoms with Crippen LogP contribution in [0.5, 0.6) is 0 Å². The number of hydrogen-bond acceptors (Lipinski definition) is 2. The van der Waals surface area contributed by atoms with E-state index >= 15 is 0 Å². The summed E-state index contributed by atoms with van der Waals surface area (Å²) in [5.74, 6) is -2.97. The minimum Gasteiger partial charge on any atom is -0.478 e. The minimum atomic E-state index is -3.09.